The van der Waals surface area contributed by atoms with Gasteiger partial charge in [0.25, 0.3) is 0 Å². The Morgan fingerprint density at radius 1 is 1.17 bits per heavy atom. The Morgan fingerprint density at radius 2 is 1.83 bits per heavy atom. The number of rotatable bonds is 4. The number of likely N-dealkylation sites (tertiary alicyclic amines) is 1. The van der Waals surface area contributed by atoms with Gasteiger partial charge in [0.05, 0.1) is 6.54 Å². The van der Waals surface area contributed by atoms with Gasteiger partial charge in [0.1, 0.15) is 0 Å². The van der Waals surface area contributed by atoms with E-state index in [1.165, 1.54) is 6.42 Å². The average molecular weight is 329 g/mol. The molecule has 2 saturated heterocycles. The van der Waals surface area contributed by atoms with Crippen molar-refractivity contribution < 1.29 is 9.59 Å². The van der Waals surface area contributed by atoms with E-state index in [4.69, 9.17) is 0 Å². The van der Waals surface area contributed by atoms with Gasteiger partial charge in [-0.3, -0.25) is 14.5 Å². The molecule has 24 heavy (non-hydrogen) atoms. The number of carbonyl (C=O) groups excluding carboxylic acids is 2. The molecule has 1 N–H and O–H groups in total. The van der Waals surface area contributed by atoms with Crippen LogP contribution < -0.4 is 10.2 Å². The van der Waals surface area contributed by atoms with Gasteiger partial charge >= 0.3 is 0 Å². The number of anilines is 2. The van der Waals surface area contributed by atoms with Crippen molar-refractivity contribution in [3.05, 3.63) is 24.3 Å². The number of hydrogen-bond acceptors (Lipinski definition) is 3. The minimum absolute atomic E-state index is 0.0290. The highest BCUT2D eigenvalue weighted by Crippen LogP contribution is 2.23. The molecule has 2 heterocycles. The van der Waals surface area contributed by atoms with Crippen LogP contribution in [0.4, 0.5) is 11.4 Å². The number of benzene rings is 1. The highest BCUT2D eigenvalue weighted by atomic mass is 16.2. The summed E-state index contributed by atoms with van der Waals surface area (Å²) in [6, 6.07) is 7.56. The predicted octanol–water partition coefficient (Wildman–Crippen LogP) is 2.73. The molecular weight excluding hydrogens is 302 g/mol. The maximum absolute atomic E-state index is 12.3. The van der Waals surface area contributed by atoms with Crippen molar-refractivity contribution in [1.82, 2.24) is 4.90 Å². The molecule has 0 aliphatic carbocycles. The summed E-state index contributed by atoms with van der Waals surface area (Å²) in [5, 5.41) is 2.96. The summed E-state index contributed by atoms with van der Waals surface area (Å²) in [5.41, 5.74) is 1.70. The third-order valence-electron chi connectivity index (χ3n) is 4.85. The van der Waals surface area contributed by atoms with Crippen LogP contribution in [0.3, 0.4) is 0 Å². The van der Waals surface area contributed by atoms with Gasteiger partial charge in [-0.2, -0.15) is 0 Å². The van der Waals surface area contributed by atoms with E-state index in [2.05, 4.69) is 24.1 Å². The van der Waals surface area contributed by atoms with Gasteiger partial charge in [-0.25, -0.2) is 0 Å². The van der Waals surface area contributed by atoms with E-state index in [1.54, 1.807) is 0 Å². The van der Waals surface area contributed by atoms with E-state index in [9.17, 15) is 9.59 Å². The Bertz CT molecular complexity index is 589. The minimum atomic E-state index is 0.0290. The molecule has 3 rings (SSSR count). The molecule has 2 fully saturated rings. The van der Waals surface area contributed by atoms with Crippen LogP contribution in [0.15, 0.2) is 24.3 Å². The van der Waals surface area contributed by atoms with E-state index >= 15 is 0 Å². The second-order valence-corrected chi connectivity index (χ2v) is 7.38. The van der Waals surface area contributed by atoms with Gasteiger partial charge in [-0.1, -0.05) is 13.8 Å². The first-order valence-corrected chi connectivity index (χ1v) is 8.94. The SMILES string of the molecule is C[C@@H]1C[C@@H](C)CN(CC(=O)Nc2ccc(N3CCCC3=O)cc2)C1. The third-order valence-corrected chi connectivity index (χ3v) is 4.85. The van der Waals surface area contributed by atoms with E-state index in [-0.39, 0.29) is 11.8 Å². The lowest BCUT2D eigenvalue weighted by Crippen LogP contribution is -2.42. The molecule has 5 nitrogen and oxygen atoms in total. The standard InChI is InChI=1S/C19H27N3O2/c1-14-10-15(2)12-21(11-14)13-18(23)20-16-5-7-17(8-6-16)22-9-3-4-19(22)24/h5-8,14-15H,3-4,9-13H2,1-2H3,(H,20,23)/t14-,15-/m1/s1. The van der Waals surface area contributed by atoms with Gasteiger partial charge in [0.2, 0.25) is 11.8 Å². The van der Waals surface area contributed by atoms with E-state index < -0.39 is 0 Å². The summed E-state index contributed by atoms with van der Waals surface area (Å²) >= 11 is 0. The zero-order valence-corrected chi connectivity index (χ0v) is 14.6. The van der Waals surface area contributed by atoms with Crippen LogP contribution in [0.25, 0.3) is 0 Å². The Morgan fingerprint density at radius 3 is 2.42 bits per heavy atom. The van der Waals surface area contributed by atoms with Crippen molar-refractivity contribution in [1.29, 1.82) is 0 Å². The summed E-state index contributed by atoms with van der Waals surface area (Å²) in [6.45, 7) is 7.72. The molecular formula is C19H27N3O2. The maximum atomic E-state index is 12.3. The highest BCUT2D eigenvalue weighted by molar-refractivity contribution is 5.96. The van der Waals surface area contributed by atoms with Crippen molar-refractivity contribution in [2.24, 2.45) is 11.8 Å². The van der Waals surface area contributed by atoms with Crippen molar-refractivity contribution in [3.8, 4) is 0 Å². The van der Waals surface area contributed by atoms with Crippen molar-refractivity contribution in [2.75, 3.05) is 36.4 Å². The fourth-order valence-electron chi connectivity index (χ4n) is 3.97. The summed E-state index contributed by atoms with van der Waals surface area (Å²) in [4.78, 5) is 28.1. The first-order chi connectivity index (χ1) is 11.5. The number of amides is 2. The van der Waals surface area contributed by atoms with Crippen LogP contribution in [0.5, 0.6) is 0 Å². The Labute approximate surface area is 144 Å². The molecule has 2 aliphatic rings. The van der Waals surface area contributed by atoms with Crippen molar-refractivity contribution in [2.45, 2.75) is 33.1 Å². The zero-order chi connectivity index (χ0) is 17.1. The summed E-state index contributed by atoms with van der Waals surface area (Å²) in [5.74, 6) is 1.51. The van der Waals surface area contributed by atoms with Gasteiger partial charge in [-0.05, 0) is 48.9 Å². The molecule has 1 aromatic carbocycles. The number of piperidine rings is 1. The Kier molecular flexibility index (Phi) is 5.19. The number of nitrogens with zero attached hydrogens (tertiary/aromatic N) is 2. The monoisotopic (exact) mass is 329 g/mol. The van der Waals surface area contributed by atoms with Crippen molar-refractivity contribution in [3.63, 3.8) is 0 Å². The molecule has 0 aromatic heterocycles. The molecule has 2 aliphatic heterocycles. The first-order valence-electron chi connectivity index (χ1n) is 8.94. The molecule has 0 unspecified atom stereocenters. The highest BCUT2D eigenvalue weighted by Gasteiger charge is 2.24. The van der Waals surface area contributed by atoms with Crippen LogP contribution in [-0.2, 0) is 9.59 Å². The average Bonchev–Trinajstić information content (AvgIpc) is 2.93. The fraction of sp³-hybridized carbons (Fsp3) is 0.579. The van der Waals surface area contributed by atoms with Crippen LogP contribution in [-0.4, -0.2) is 42.9 Å². The largest absolute Gasteiger partial charge is 0.325 e. The van der Waals surface area contributed by atoms with Gasteiger partial charge in [0.15, 0.2) is 0 Å². The van der Waals surface area contributed by atoms with Crippen molar-refractivity contribution >= 4 is 23.2 Å². The summed E-state index contributed by atoms with van der Waals surface area (Å²) in [7, 11) is 0. The lowest BCUT2D eigenvalue weighted by Gasteiger charge is -2.34. The Balaban J connectivity index is 1.54. The zero-order valence-electron chi connectivity index (χ0n) is 14.6. The molecule has 5 heteroatoms. The molecule has 130 valence electrons. The van der Waals surface area contributed by atoms with Crippen LogP contribution >= 0.6 is 0 Å². The Hall–Kier alpha value is -1.88. The summed E-state index contributed by atoms with van der Waals surface area (Å²) < 4.78 is 0. The first kappa shape index (κ1) is 17.0. The molecule has 1 aromatic rings. The smallest absolute Gasteiger partial charge is 0.238 e. The van der Waals surface area contributed by atoms with E-state index in [1.807, 2.05) is 29.2 Å². The lowest BCUT2D eigenvalue weighted by atomic mass is 9.92. The molecule has 0 radical (unpaired) electrons. The minimum Gasteiger partial charge on any atom is -0.325 e. The molecule has 0 bridgehead atoms. The summed E-state index contributed by atoms with van der Waals surface area (Å²) in [6.07, 6.45) is 2.80. The molecule has 0 saturated carbocycles. The molecule has 2 amide bonds. The lowest BCUT2D eigenvalue weighted by molar-refractivity contribution is -0.118. The number of carbonyl (C=O) groups is 2. The number of hydrogen-bond donors (Lipinski definition) is 1. The quantitative estimate of drug-likeness (QED) is 0.924. The van der Waals surface area contributed by atoms with E-state index in [0.717, 1.165) is 37.4 Å². The second kappa shape index (κ2) is 7.34. The van der Waals surface area contributed by atoms with Crippen LogP contribution in [0, 0.1) is 11.8 Å². The molecule has 2 atom stereocenters. The topological polar surface area (TPSA) is 52.7 Å². The van der Waals surface area contributed by atoms with Gasteiger partial charge in [0, 0.05) is 37.4 Å². The van der Waals surface area contributed by atoms with Crippen LogP contribution in [0.1, 0.15) is 33.1 Å². The van der Waals surface area contributed by atoms with Gasteiger partial charge in [-0.15, -0.1) is 0 Å². The van der Waals surface area contributed by atoms with E-state index in [0.29, 0.717) is 24.8 Å². The van der Waals surface area contributed by atoms with Gasteiger partial charge < -0.3 is 10.2 Å². The second-order valence-electron chi connectivity index (χ2n) is 7.38. The fourth-order valence-corrected chi connectivity index (χ4v) is 3.97. The predicted molar refractivity (Wildman–Crippen MR) is 96.0 cm³/mol. The number of nitrogens with one attached hydrogen (secondary N) is 1. The molecule has 0 spiro atoms. The normalized spacial score (nSPS) is 25.1. The third kappa shape index (κ3) is 4.15. The maximum Gasteiger partial charge on any atom is 0.238 e. The van der Waals surface area contributed by atoms with Crippen LogP contribution in [0.2, 0.25) is 0 Å².